The lowest BCUT2D eigenvalue weighted by atomic mass is 10.2. The van der Waals surface area contributed by atoms with Crippen LogP contribution in [0.2, 0.25) is 0 Å². The van der Waals surface area contributed by atoms with Crippen LogP contribution in [0.5, 0.6) is 11.6 Å². The summed E-state index contributed by atoms with van der Waals surface area (Å²) < 4.78 is 48.6. The van der Waals surface area contributed by atoms with E-state index in [0.29, 0.717) is 29.0 Å². The van der Waals surface area contributed by atoms with Gasteiger partial charge >= 0.3 is 0 Å². The molecule has 0 aliphatic rings. The molecule has 0 unspecified atom stereocenters. The zero-order chi connectivity index (χ0) is 23.6. The minimum Gasteiger partial charge on any atom is -0.439 e. The lowest BCUT2D eigenvalue weighted by Crippen LogP contribution is -2.15. The fourth-order valence-corrected chi connectivity index (χ4v) is 4.51. The van der Waals surface area contributed by atoms with Gasteiger partial charge in [-0.2, -0.15) is 10.1 Å². The fraction of sp³-hybridized carbons (Fsp3) is 0.174. The highest BCUT2D eigenvalue weighted by atomic mass is 32.2. The molecule has 33 heavy (non-hydrogen) atoms. The summed E-state index contributed by atoms with van der Waals surface area (Å²) in [5.41, 5.74) is 2.24. The molecule has 2 aromatic carbocycles. The maximum atomic E-state index is 13.8. The van der Waals surface area contributed by atoms with E-state index in [4.69, 9.17) is 4.74 Å². The number of aromatic nitrogens is 4. The van der Waals surface area contributed by atoms with Gasteiger partial charge in [-0.05, 0) is 57.2 Å². The minimum absolute atomic E-state index is 0.0995. The molecule has 0 radical (unpaired) electrons. The van der Waals surface area contributed by atoms with Crippen molar-refractivity contribution in [1.82, 2.24) is 19.7 Å². The molecule has 0 fully saturated rings. The quantitative estimate of drug-likeness (QED) is 0.431. The van der Waals surface area contributed by atoms with Crippen molar-refractivity contribution in [2.45, 2.75) is 26.5 Å². The Hall–Kier alpha value is -3.79. The monoisotopic (exact) mass is 467 g/mol. The van der Waals surface area contributed by atoms with E-state index in [2.05, 4.69) is 19.8 Å². The number of anilines is 1. The van der Waals surface area contributed by atoms with Gasteiger partial charge in [0.1, 0.15) is 17.4 Å². The molecule has 0 atom stereocenters. The summed E-state index contributed by atoms with van der Waals surface area (Å²) >= 11 is 0. The molecule has 2 aromatic heterocycles. The van der Waals surface area contributed by atoms with Gasteiger partial charge in [-0.15, -0.1) is 0 Å². The van der Waals surface area contributed by atoms with Gasteiger partial charge in [0.25, 0.3) is 0 Å². The summed E-state index contributed by atoms with van der Waals surface area (Å²) in [6.45, 7) is 5.60. The summed E-state index contributed by atoms with van der Waals surface area (Å²) in [7, 11) is -3.79. The van der Waals surface area contributed by atoms with Crippen LogP contribution in [-0.4, -0.2) is 28.2 Å². The van der Waals surface area contributed by atoms with E-state index in [-0.39, 0.29) is 5.56 Å². The molecule has 10 heteroatoms. The molecule has 2 heterocycles. The van der Waals surface area contributed by atoms with Crippen LogP contribution in [0.4, 0.5) is 10.1 Å². The topological polar surface area (TPSA) is 99.0 Å². The Kier molecular flexibility index (Phi) is 6.10. The molecule has 0 saturated heterocycles. The largest absolute Gasteiger partial charge is 0.439 e. The number of hydrogen-bond acceptors (Lipinski definition) is 6. The zero-order valence-corrected chi connectivity index (χ0v) is 19.1. The second-order valence-electron chi connectivity index (χ2n) is 7.53. The number of aryl methyl sites for hydroxylation is 3. The highest BCUT2D eigenvalue weighted by Crippen LogP contribution is 2.24. The number of hydrogen-bond donors (Lipinski definition) is 1. The second kappa shape index (κ2) is 8.99. The van der Waals surface area contributed by atoms with Crippen LogP contribution >= 0.6 is 0 Å². The van der Waals surface area contributed by atoms with E-state index < -0.39 is 21.6 Å². The van der Waals surface area contributed by atoms with E-state index in [0.717, 1.165) is 11.4 Å². The lowest BCUT2D eigenvalue weighted by molar-refractivity contribution is 0.459. The molecule has 170 valence electrons. The predicted molar refractivity (Wildman–Crippen MR) is 123 cm³/mol. The van der Waals surface area contributed by atoms with Crippen molar-refractivity contribution in [3.63, 3.8) is 0 Å². The standard InChI is InChI=1S/C23H22FN5O3S/c1-15-12-16(2)29(27-15)22-13-23(26-17(3)25-22)32-20-10-8-19(9-11-20)28-33(30,31)14-18-6-4-5-7-21(18)24/h4-13,28H,14H2,1-3H3. The van der Waals surface area contributed by atoms with E-state index in [1.165, 1.54) is 18.2 Å². The molecule has 0 bridgehead atoms. The number of rotatable bonds is 7. The average Bonchev–Trinajstić information content (AvgIpc) is 3.08. The van der Waals surface area contributed by atoms with Gasteiger partial charge in [0.15, 0.2) is 5.82 Å². The van der Waals surface area contributed by atoms with Crippen LogP contribution in [0, 0.1) is 26.6 Å². The Balaban J connectivity index is 1.48. The number of benzene rings is 2. The smallest absolute Gasteiger partial charge is 0.237 e. The van der Waals surface area contributed by atoms with Gasteiger partial charge < -0.3 is 4.74 Å². The van der Waals surface area contributed by atoms with Gasteiger partial charge in [-0.3, -0.25) is 4.72 Å². The van der Waals surface area contributed by atoms with Crippen LogP contribution < -0.4 is 9.46 Å². The fourth-order valence-electron chi connectivity index (χ4n) is 3.29. The Morgan fingerprint density at radius 2 is 1.73 bits per heavy atom. The lowest BCUT2D eigenvalue weighted by Gasteiger charge is -2.11. The van der Waals surface area contributed by atoms with Crippen LogP contribution in [0.25, 0.3) is 5.82 Å². The Labute approximate surface area is 191 Å². The van der Waals surface area contributed by atoms with E-state index >= 15 is 0 Å². The Morgan fingerprint density at radius 3 is 2.39 bits per heavy atom. The second-order valence-corrected chi connectivity index (χ2v) is 9.25. The van der Waals surface area contributed by atoms with Crippen LogP contribution in [0.1, 0.15) is 22.8 Å². The predicted octanol–water partition coefficient (Wildman–Crippen LogP) is 4.46. The van der Waals surface area contributed by atoms with Gasteiger partial charge in [-0.1, -0.05) is 18.2 Å². The molecule has 0 amide bonds. The highest BCUT2D eigenvalue weighted by Gasteiger charge is 2.15. The summed E-state index contributed by atoms with van der Waals surface area (Å²) in [6, 6.07) is 15.7. The third kappa shape index (κ3) is 5.53. The maximum absolute atomic E-state index is 13.8. The normalized spacial score (nSPS) is 11.4. The number of nitrogens with zero attached hydrogens (tertiary/aromatic N) is 4. The van der Waals surface area contributed by atoms with E-state index in [1.807, 2.05) is 19.9 Å². The molecular formula is C23H22FN5O3S. The summed E-state index contributed by atoms with van der Waals surface area (Å²) in [6.07, 6.45) is 0. The molecule has 0 aliphatic heterocycles. The first-order chi connectivity index (χ1) is 15.7. The molecule has 4 aromatic rings. The Morgan fingerprint density at radius 1 is 1.00 bits per heavy atom. The van der Waals surface area contributed by atoms with Crippen LogP contribution in [0.15, 0.2) is 60.7 Å². The average molecular weight is 468 g/mol. The number of halogens is 1. The molecule has 8 nitrogen and oxygen atoms in total. The molecular weight excluding hydrogens is 445 g/mol. The minimum atomic E-state index is -3.79. The van der Waals surface area contributed by atoms with Crippen LogP contribution in [0.3, 0.4) is 0 Å². The molecule has 0 aliphatic carbocycles. The van der Waals surface area contributed by atoms with Crippen molar-refractivity contribution in [3.05, 3.63) is 89.3 Å². The summed E-state index contributed by atoms with van der Waals surface area (Å²) in [5.74, 6) is 0.870. The van der Waals surface area contributed by atoms with Crippen molar-refractivity contribution in [2.24, 2.45) is 0 Å². The first-order valence-electron chi connectivity index (χ1n) is 10.1. The SMILES string of the molecule is Cc1cc(C)n(-c2cc(Oc3ccc(NS(=O)(=O)Cc4ccccc4F)cc3)nc(C)n2)n1. The molecule has 1 N–H and O–H groups in total. The van der Waals surface area contributed by atoms with Crippen molar-refractivity contribution >= 4 is 15.7 Å². The van der Waals surface area contributed by atoms with Crippen molar-refractivity contribution in [3.8, 4) is 17.4 Å². The van der Waals surface area contributed by atoms with Crippen molar-refractivity contribution in [1.29, 1.82) is 0 Å². The Bertz CT molecular complexity index is 1400. The zero-order valence-electron chi connectivity index (χ0n) is 18.3. The highest BCUT2D eigenvalue weighted by molar-refractivity contribution is 7.91. The van der Waals surface area contributed by atoms with E-state index in [9.17, 15) is 12.8 Å². The molecule has 0 saturated carbocycles. The third-order valence-corrected chi connectivity index (χ3v) is 5.92. The van der Waals surface area contributed by atoms with Gasteiger partial charge in [0.05, 0.1) is 11.4 Å². The number of ether oxygens (including phenoxy) is 1. The molecule has 4 rings (SSSR count). The van der Waals surface area contributed by atoms with Gasteiger partial charge in [-0.25, -0.2) is 22.5 Å². The van der Waals surface area contributed by atoms with Crippen molar-refractivity contribution in [2.75, 3.05) is 4.72 Å². The third-order valence-electron chi connectivity index (χ3n) is 4.68. The first-order valence-corrected chi connectivity index (χ1v) is 11.7. The van der Waals surface area contributed by atoms with E-state index in [1.54, 1.807) is 48.0 Å². The number of nitrogens with one attached hydrogen (secondary N) is 1. The summed E-state index contributed by atoms with van der Waals surface area (Å²) in [5, 5.41) is 4.43. The van der Waals surface area contributed by atoms with Gasteiger partial charge in [0.2, 0.25) is 15.9 Å². The first kappa shape index (κ1) is 22.4. The van der Waals surface area contributed by atoms with Crippen LogP contribution in [-0.2, 0) is 15.8 Å². The molecule has 0 spiro atoms. The number of sulfonamides is 1. The maximum Gasteiger partial charge on any atom is 0.237 e. The van der Waals surface area contributed by atoms with Gasteiger partial charge in [0, 0.05) is 23.0 Å². The van der Waals surface area contributed by atoms with Crippen molar-refractivity contribution < 1.29 is 17.5 Å². The summed E-state index contributed by atoms with van der Waals surface area (Å²) in [4.78, 5) is 8.73.